The maximum absolute atomic E-state index is 6.19. The van der Waals surface area contributed by atoms with Crippen LogP contribution < -0.4 is 0 Å². The highest BCUT2D eigenvalue weighted by atomic mass is 35.5. The predicted molar refractivity (Wildman–Crippen MR) is 78.4 cm³/mol. The lowest BCUT2D eigenvalue weighted by Gasteiger charge is -2.08. The van der Waals surface area contributed by atoms with E-state index in [0.717, 1.165) is 23.2 Å². The number of nitrogens with zero attached hydrogens (tertiary/aromatic N) is 2. The molecule has 2 aromatic rings. The van der Waals surface area contributed by atoms with E-state index in [1.807, 2.05) is 19.1 Å². The Labute approximate surface area is 117 Å². The molecule has 2 rings (SSSR count). The van der Waals surface area contributed by atoms with Gasteiger partial charge in [0, 0.05) is 21.7 Å². The molecule has 0 atom stereocenters. The molecule has 0 amide bonds. The number of hydrogen-bond acceptors (Lipinski definition) is 3. The third-order valence-corrected chi connectivity index (χ3v) is 3.92. The molecule has 0 bridgehead atoms. The molecule has 0 saturated carbocycles. The zero-order valence-electron chi connectivity index (χ0n) is 10.7. The minimum Gasteiger partial charge on any atom is -0.233 e. The van der Waals surface area contributed by atoms with E-state index in [4.69, 9.17) is 11.6 Å². The van der Waals surface area contributed by atoms with Gasteiger partial charge in [-0.2, -0.15) is 0 Å². The third kappa shape index (κ3) is 2.68. The molecule has 2 nitrogen and oxygen atoms in total. The topological polar surface area (TPSA) is 25.8 Å². The molecule has 18 heavy (non-hydrogen) atoms. The Morgan fingerprint density at radius 2 is 1.83 bits per heavy atom. The van der Waals surface area contributed by atoms with Gasteiger partial charge in [-0.1, -0.05) is 30.7 Å². The molecule has 0 aliphatic carbocycles. The molecule has 0 N–H and O–H groups in total. The van der Waals surface area contributed by atoms with E-state index >= 15 is 0 Å². The van der Waals surface area contributed by atoms with Crippen LogP contribution in [-0.4, -0.2) is 16.2 Å². The summed E-state index contributed by atoms with van der Waals surface area (Å²) in [5.41, 5.74) is 2.99. The molecular weight excluding hydrogens is 264 g/mol. The lowest BCUT2D eigenvalue weighted by atomic mass is 10.1. The monoisotopic (exact) mass is 278 g/mol. The van der Waals surface area contributed by atoms with Crippen LogP contribution in [0.2, 0.25) is 5.15 Å². The molecule has 0 spiro atoms. The van der Waals surface area contributed by atoms with Crippen molar-refractivity contribution in [2.45, 2.75) is 25.2 Å². The summed E-state index contributed by atoms with van der Waals surface area (Å²) in [5, 5.41) is 0.564. The number of benzene rings is 1. The highest BCUT2D eigenvalue weighted by Crippen LogP contribution is 2.24. The molecule has 1 aromatic heterocycles. The van der Waals surface area contributed by atoms with E-state index in [2.05, 4.69) is 35.3 Å². The fraction of sp³-hybridized carbons (Fsp3) is 0.286. The SMILES string of the molecule is CCc1c(C)nc(-c2ccc(SC)cc2)nc1Cl. The van der Waals surface area contributed by atoms with Crippen molar-refractivity contribution in [2.24, 2.45) is 0 Å². The van der Waals surface area contributed by atoms with Crippen LogP contribution in [0.3, 0.4) is 0 Å². The van der Waals surface area contributed by atoms with Crippen LogP contribution in [-0.2, 0) is 6.42 Å². The van der Waals surface area contributed by atoms with Crippen LogP contribution >= 0.6 is 23.4 Å². The largest absolute Gasteiger partial charge is 0.233 e. The average molecular weight is 279 g/mol. The molecule has 0 aliphatic heterocycles. The molecule has 1 aromatic carbocycles. The van der Waals surface area contributed by atoms with Crippen molar-refractivity contribution in [3.8, 4) is 11.4 Å². The van der Waals surface area contributed by atoms with Gasteiger partial charge in [0.05, 0.1) is 0 Å². The first-order valence-corrected chi connectivity index (χ1v) is 7.43. The zero-order valence-corrected chi connectivity index (χ0v) is 12.3. The van der Waals surface area contributed by atoms with Crippen molar-refractivity contribution in [3.63, 3.8) is 0 Å². The first kappa shape index (κ1) is 13.4. The summed E-state index contributed by atoms with van der Waals surface area (Å²) in [6.45, 7) is 4.04. The van der Waals surface area contributed by atoms with Gasteiger partial charge in [0.15, 0.2) is 5.82 Å². The second-order valence-electron chi connectivity index (χ2n) is 3.98. The highest BCUT2D eigenvalue weighted by molar-refractivity contribution is 7.98. The zero-order chi connectivity index (χ0) is 13.1. The maximum atomic E-state index is 6.19. The molecule has 94 valence electrons. The van der Waals surface area contributed by atoms with Crippen LogP contribution in [0.5, 0.6) is 0 Å². The number of thioether (sulfide) groups is 1. The van der Waals surface area contributed by atoms with Gasteiger partial charge in [0.25, 0.3) is 0 Å². The molecule has 0 radical (unpaired) electrons. The molecule has 4 heteroatoms. The number of halogens is 1. The molecule has 0 aliphatic rings. The van der Waals surface area contributed by atoms with Crippen molar-refractivity contribution >= 4 is 23.4 Å². The molecular formula is C14H15ClN2S. The molecule has 0 saturated heterocycles. The van der Waals surface area contributed by atoms with Gasteiger partial charge in [-0.15, -0.1) is 11.8 Å². The smallest absolute Gasteiger partial charge is 0.161 e. The van der Waals surface area contributed by atoms with Crippen molar-refractivity contribution in [2.75, 3.05) is 6.26 Å². The predicted octanol–water partition coefficient (Wildman–Crippen LogP) is 4.39. The Morgan fingerprint density at radius 1 is 1.17 bits per heavy atom. The van der Waals surface area contributed by atoms with Gasteiger partial charge < -0.3 is 0 Å². The van der Waals surface area contributed by atoms with Gasteiger partial charge in [0.1, 0.15) is 5.15 Å². The molecule has 1 heterocycles. The van der Waals surface area contributed by atoms with E-state index < -0.39 is 0 Å². The van der Waals surface area contributed by atoms with Crippen LogP contribution in [0.1, 0.15) is 18.2 Å². The minimum absolute atomic E-state index is 0.564. The summed E-state index contributed by atoms with van der Waals surface area (Å²) in [7, 11) is 0. The highest BCUT2D eigenvalue weighted by Gasteiger charge is 2.09. The van der Waals surface area contributed by atoms with E-state index in [-0.39, 0.29) is 0 Å². The third-order valence-electron chi connectivity index (χ3n) is 2.87. The summed E-state index contributed by atoms with van der Waals surface area (Å²) in [6, 6.07) is 8.20. The van der Waals surface area contributed by atoms with Gasteiger partial charge in [-0.25, -0.2) is 9.97 Å². The summed E-state index contributed by atoms with van der Waals surface area (Å²) in [4.78, 5) is 10.1. The van der Waals surface area contributed by atoms with E-state index in [9.17, 15) is 0 Å². The summed E-state index contributed by atoms with van der Waals surface area (Å²) >= 11 is 7.91. The maximum Gasteiger partial charge on any atom is 0.161 e. The van der Waals surface area contributed by atoms with Crippen molar-refractivity contribution in [1.82, 2.24) is 9.97 Å². The minimum atomic E-state index is 0.564. The first-order chi connectivity index (χ1) is 8.65. The number of aryl methyl sites for hydroxylation is 1. The van der Waals surface area contributed by atoms with Crippen molar-refractivity contribution in [3.05, 3.63) is 40.7 Å². The summed E-state index contributed by atoms with van der Waals surface area (Å²) in [5.74, 6) is 0.697. The van der Waals surface area contributed by atoms with Gasteiger partial charge in [0.2, 0.25) is 0 Å². The van der Waals surface area contributed by atoms with E-state index in [1.165, 1.54) is 4.90 Å². The van der Waals surface area contributed by atoms with Crippen LogP contribution in [0, 0.1) is 6.92 Å². The summed E-state index contributed by atoms with van der Waals surface area (Å²) in [6.07, 6.45) is 2.92. The van der Waals surface area contributed by atoms with Crippen LogP contribution in [0.25, 0.3) is 11.4 Å². The second kappa shape index (κ2) is 5.72. The number of rotatable bonds is 3. The fourth-order valence-electron chi connectivity index (χ4n) is 1.83. The summed E-state index contributed by atoms with van der Waals surface area (Å²) < 4.78 is 0. The number of aromatic nitrogens is 2. The Hall–Kier alpha value is -1.06. The van der Waals surface area contributed by atoms with Crippen molar-refractivity contribution in [1.29, 1.82) is 0 Å². The number of hydrogen-bond donors (Lipinski definition) is 0. The van der Waals surface area contributed by atoms with Gasteiger partial charge in [-0.3, -0.25) is 0 Å². The normalized spacial score (nSPS) is 10.7. The average Bonchev–Trinajstić information content (AvgIpc) is 2.38. The fourth-order valence-corrected chi connectivity index (χ4v) is 2.59. The van der Waals surface area contributed by atoms with Gasteiger partial charge >= 0.3 is 0 Å². The Balaban J connectivity index is 2.44. The lowest BCUT2D eigenvalue weighted by Crippen LogP contribution is -1.99. The van der Waals surface area contributed by atoms with E-state index in [0.29, 0.717) is 11.0 Å². The van der Waals surface area contributed by atoms with Crippen molar-refractivity contribution < 1.29 is 0 Å². The molecule has 0 unspecified atom stereocenters. The van der Waals surface area contributed by atoms with Crippen LogP contribution in [0.4, 0.5) is 0 Å². The first-order valence-electron chi connectivity index (χ1n) is 5.83. The van der Waals surface area contributed by atoms with E-state index in [1.54, 1.807) is 11.8 Å². The van der Waals surface area contributed by atoms with Crippen LogP contribution in [0.15, 0.2) is 29.2 Å². The quantitative estimate of drug-likeness (QED) is 0.615. The lowest BCUT2D eigenvalue weighted by molar-refractivity contribution is 1.00. The Bertz CT molecular complexity index is 529. The van der Waals surface area contributed by atoms with Gasteiger partial charge in [-0.05, 0) is 31.7 Å². The molecule has 0 fully saturated rings. The Morgan fingerprint density at radius 3 is 2.33 bits per heavy atom. The second-order valence-corrected chi connectivity index (χ2v) is 5.22. The Kier molecular flexibility index (Phi) is 4.25. The standard InChI is InChI=1S/C14H15ClN2S/c1-4-12-9(2)16-14(17-13(12)15)10-5-7-11(18-3)8-6-10/h5-8H,4H2,1-3H3.